The number of hydrogen-bond acceptors (Lipinski definition) is 24. The molecule has 0 saturated heterocycles. The van der Waals surface area contributed by atoms with Crippen LogP contribution in [0.2, 0.25) is 0 Å². The highest BCUT2D eigenvalue weighted by molar-refractivity contribution is 7.94. The summed E-state index contributed by atoms with van der Waals surface area (Å²) in [5.74, 6) is -5.71. The quantitative estimate of drug-likeness (QED) is 0.0126. The van der Waals surface area contributed by atoms with Crippen LogP contribution in [0.4, 0.5) is 45.5 Å². The van der Waals surface area contributed by atoms with Crippen molar-refractivity contribution in [3.05, 3.63) is 119 Å². The minimum atomic E-state index is -5.14. The lowest BCUT2D eigenvalue weighted by molar-refractivity contribution is -0.432. The van der Waals surface area contributed by atoms with E-state index in [2.05, 4.69) is 50.3 Å². The molecule has 0 aliphatic heterocycles. The van der Waals surface area contributed by atoms with Crippen LogP contribution < -0.4 is 0 Å². The van der Waals surface area contributed by atoms with Crippen LogP contribution in [0.25, 0.3) is 0 Å². The van der Waals surface area contributed by atoms with Gasteiger partial charge in [-0.3, -0.25) is 13.7 Å². The summed E-state index contributed by atoms with van der Waals surface area (Å²) >= 11 is 0.379. The molecule has 0 fully saturated rings. The van der Waals surface area contributed by atoms with Gasteiger partial charge in [-0.05, 0) is 78.2 Å². The van der Waals surface area contributed by atoms with Crippen LogP contribution in [0.15, 0.2) is 158 Å². The van der Waals surface area contributed by atoms with Crippen molar-refractivity contribution in [2.24, 2.45) is 40.9 Å². The fourth-order valence-corrected chi connectivity index (χ4v) is 8.19. The Labute approximate surface area is 401 Å². The number of aromatic hydroxyl groups is 4. The van der Waals surface area contributed by atoms with Gasteiger partial charge < -0.3 is 30.6 Å². The molecule has 0 bridgehead atoms. The number of nitrogens with zero attached hydrogens (tertiary/aromatic N) is 8. The molecule has 6 aromatic carbocycles. The number of carbonyl (C=O) groups is 2. The fourth-order valence-electron chi connectivity index (χ4n) is 5.83. The van der Waals surface area contributed by atoms with Gasteiger partial charge in [0, 0.05) is 29.2 Å². The van der Waals surface area contributed by atoms with Crippen LogP contribution in [-0.2, 0) is 46.1 Å². The number of carboxylic acids is 2. The Kier molecular flexibility index (Phi) is 15.6. The monoisotopic (exact) mass is 1060 g/mol. The maximum Gasteiger partial charge on any atom is 0.337 e. The van der Waals surface area contributed by atoms with E-state index in [-0.39, 0.29) is 28.4 Å². The summed E-state index contributed by atoms with van der Waals surface area (Å²) in [7, 11) is -14.9. The second-order valence-corrected chi connectivity index (χ2v) is 18.8. The van der Waals surface area contributed by atoms with Crippen LogP contribution in [0, 0.1) is 0 Å². The number of hydrogen-bond donors (Lipinski definition) is 10. The average molecular weight is 1060 g/mol. The second-order valence-electron chi connectivity index (χ2n) is 13.9. The van der Waals surface area contributed by atoms with Gasteiger partial charge in [-0.1, -0.05) is 17.2 Å². The minimum absolute atomic E-state index is 0.0381. The van der Waals surface area contributed by atoms with Crippen molar-refractivity contribution in [2.75, 3.05) is 0 Å². The van der Waals surface area contributed by atoms with Crippen LogP contribution in [0.5, 0.6) is 23.0 Å². The molecule has 0 aliphatic carbocycles. The Morgan fingerprint density at radius 3 is 1.20 bits per heavy atom. The molecule has 0 aliphatic rings. The summed E-state index contributed by atoms with van der Waals surface area (Å²) in [4.78, 5) is 21.9. The molecule has 368 valence electrons. The topological polar surface area (TPSA) is 456 Å². The van der Waals surface area contributed by atoms with Gasteiger partial charge in [-0.15, -0.1) is 45.2 Å². The Bertz CT molecular complexity index is 3610. The fraction of sp³-hybridized carbons (Fsp3) is 0.0256. The molecule has 0 saturated carbocycles. The summed E-state index contributed by atoms with van der Waals surface area (Å²) < 4.78 is 103. The van der Waals surface area contributed by atoms with E-state index in [1.807, 2.05) is 0 Å². The highest BCUT2D eigenvalue weighted by Gasteiger charge is 2.22. The first-order valence-corrected chi connectivity index (χ1v) is 23.7. The molecule has 10 N–H and O–H groups in total. The van der Waals surface area contributed by atoms with Gasteiger partial charge in [-0.25, -0.2) is 14.8 Å². The molecule has 6 rings (SSSR count). The number of benzene rings is 6. The highest BCUT2D eigenvalue weighted by atomic mass is 32.2. The molecular formula is C39H28N8O20S4. The van der Waals surface area contributed by atoms with E-state index in [1.165, 1.54) is 42.5 Å². The van der Waals surface area contributed by atoms with Gasteiger partial charge in [0.2, 0.25) is 0 Å². The molecule has 0 atom stereocenters. The summed E-state index contributed by atoms with van der Waals surface area (Å²) in [5, 5.41) is 104. The van der Waals surface area contributed by atoms with E-state index in [9.17, 15) is 79.1 Å². The van der Waals surface area contributed by atoms with Crippen LogP contribution in [0.3, 0.4) is 0 Å². The summed E-state index contributed by atoms with van der Waals surface area (Å²) in [5.41, 5.74) is -3.36. The Hall–Kier alpha value is -8.18. The molecule has 6 aromatic rings. The zero-order valence-electron chi connectivity index (χ0n) is 34.7. The smallest absolute Gasteiger partial charge is 0.337 e. The van der Waals surface area contributed by atoms with Crippen molar-refractivity contribution in [3.63, 3.8) is 0 Å². The first-order chi connectivity index (χ1) is 33.3. The zero-order chi connectivity index (χ0) is 52.0. The van der Waals surface area contributed by atoms with E-state index >= 15 is 0 Å². The van der Waals surface area contributed by atoms with Crippen molar-refractivity contribution in [1.82, 2.24) is 0 Å². The average Bonchev–Trinajstić information content (AvgIpc) is 3.29. The van der Waals surface area contributed by atoms with Gasteiger partial charge in [0.15, 0.2) is 0 Å². The Morgan fingerprint density at radius 1 is 0.451 bits per heavy atom. The first-order valence-electron chi connectivity index (χ1n) is 18.7. The van der Waals surface area contributed by atoms with Gasteiger partial charge >= 0.3 is 11.9 Å². The largest absolute Gasteiger partial charge is 0.505 e. The van der Waals surface area contributed by atoms with Crippen LogP contribution >= 0.6 is 12.0 Å². The molecule has 71 heavy (non-hydrogen) atoms. The summed E-state index contributed by atoms with van der Waals surface area (Å²) in [6.07, 6.45) is -0.0564. The third-order valence-corrected chi connectivity index (χ3v) is 12.3. The van der Waals surface area contributed by atoms with Gasteiger partial charge in [-0.2, -0.15) is 25.3 Å². The molecule has 28 nitrogen and oxygen atoms in total. The van der Waals surface area contributed by atoms with E-state index in [1.54, 1.807) is 0 Å². The van der Waals surface area contributed by atoms with Gasteiger partial charge in [0.1, 0.15) is 78.3 Å². The van der Waals surface area contributed by atoms with Crippen LogP contribution in [0.1, 0.15) is 31.8 Å². The number of azo groups is 4. The number of carboxylic acid groups (broad SMARTS) is 2. The highest BCUT2D eigenvalue weighted by Crippen LogP contribution is 2.43. The van der Waals surface area contributed by atoms with Crippen molar-refractivity contribution in [2.45, 2.75) is 26.0 Å². The molecular weight excluding hydrogens is 1030 g/mol. The lowest BCUT2D eigenvalue weighted by Gasteiger charge is -2.08. The second kappa shape index (κ2) is 21.2. The molecule has 0 spiro atoms. The molecule has 0 radical (unpaired) electrons. The lowest BCUT2D eigenvalue weighted by atomic mass is 9.99. The molecule has 32 heteroatoms. The van der Waals surface area contributed by atoms with Crippen LogP contribution in [-0.4, -0.2) is 86.7 Å². The summed E-state index contributed by atoms with van der Waals surface area (Å²) in [6, 6.07) is 16.3. The Balaban J connectivity index is 1.22. The minimum Gasteiger partial charge on any atom is -0.505 e. The predicted molar refractivity (Wildman–Crippen MR) is 239 cm³/mol. The summed E-state index contributed by atoms with van der Waals surface area (Å²) in [6.45, 7) is 0. The molecule has 0 unspecified atom stereocenters. The first kappa shape index (κ1) is 52.2. The SMILES string of the molecule is O=C(O)c1cc(Cc2ccc(N=Nc3cc(N=Nc4ccc(S(=O)(=O)O)cc4S(=O)(=O)O)c(O)cc3O)c(C(=O)O)c2)ccc1N=Nc1cc(N=Nc2ccc(SOOO)cc2S(=O)(=O)O)c(O)cc1O. The zero-order valence-corrected chi connectivity index (χ0v) is 38.0. The van der Waals surface area contributed by atoms with Crippen molar-refractivity contribution >= 4 is 99.8 Å². The van der Waals surface area contributed by atoms with E-state index in [0.29, 0.717) is 29.2 Å². The number of aromatic carboxylic acids is 2. The van der Waals surface area contributed by atoms with Gasteiger partial charge in [0.05, 0.1) is 28.1 Å². The number of phenols is 4. The van der Waals surface area contributed by atoms with E-state index < -0.39 is 120 Å². The van der Waals surface area contributed by atoms with E-state index in [4.69, 9.17) is 5.26 Å². The van der Waals surface area contributed by atoms with Crippen molar-refractivity contribution < 1.29 is 93.8 Å². The standard InChI is InChI=1S/C39H28N8O20S4/c48-32-16-34(50)30(46-42-26-7-3-20(68-67-66-56)12-36(26)70(60,61)62)14-28(32)44-40-24-5-1-18(10-22(24)38(52)53)9-19-2-6-25(23(11-19)39(54)55)41-45-29-15-31(35(51)17-33(29)49)47-43-27-8-4-21(69(57,58)59)13-37(27)71(63,64)65/h1-8,10-17,48-51,56H,9H2,(H,52,53)(H,54,55)(H,57,58,59)(H,60,61,62)(H,63,64,65). The lowest BCUT2D eigenvalue weighted by Crippen LogP contribution is -2.03. The maximum atomic E-state index is 12.3. The molecule has 0 aromatic heterocycles. The number of phenolic OH excluding ortho intramolecular Hbond substituents is 4. The maximum absolute atomic E-state index is 12.3. The Morgan fingerprint density at radius 2 is 0.817 bits per heavy atom. The van der Waals surface area contributed by atoms with Gasteiger partial charge in [0.25, 0.3) is 30.4 Å². The van der Waals surface area contributed by atoms with Crippen molar-refractivity contribution in [1.29, 1.82) is 0 Å². The van der Waals surface area contributed by atoms with E-state index in [0.717, 1.165) is 48.5 Å². The number of rotatable bonds is 18. The van der Waals surface area contributed by atoms with Crippen molar-refractivity contribution in [3.8, 4) is 23.0 Å². The normalized spacial score (nSPS) is 12.5. The predicted octanol–water partition coefficient (Wildman–Crippen LogP) is 9.33. The molecule has 0 heterocycles. The molecule has 0 amide bonds. The third-order valence-electron chi connectivity index (χ3n) is 9.07. The third kappa shape index (κ3) is 13.1.